The lowest BCUT2D eigenvalue weighted by Crippen LogP contribution is -1.99. The predicted octanol–water partition coefficient (Wildman–Crippen LogP) is 3.58. The highest BCUT2D eigenvalue weighted by Gasteiger charge is 2.04. The van der Waals surface area contributed by atoms with Crippen LogP contribution in [-0.4, -0.2) is 4.98 Å². The lowest BCUT2D eigenvalue weighted by Gasteiger charge is -2.09. The zero-order valence-corrected chi connectivity index (χ0v) is 12.0. The second kappa shape index (κ2) is 5.94. The van der Waals surface area contributed by atoms with Gasteiger partial charge in [-0.15, -0.1) is 0 Å². The number of ether oxygens (including phenoxy) is 1. The molecular formula is C18H18N2O. The van der Waals surface area contributed by atoms with E-state index >= 15 is 0 Å². The van der Waals surface area contributed by atoms with Crippen LogP contribution in [0.15, 0.2) is 54.6 Å². The molecule has 0 atom stereocenters. The highest BCUT2D eigenvalue weighted by Crippen LogP contribution is 2.24. The van der Waals surface area contributed by atoms with E-state index in [0.717, 1.165) is 33.5 Å². The summed E-state index contributed by atoms with van der Waals surface area (Å²) in [6.07, 6.45) is 0. The van der Waals surface area contributed by atoms with E-state index in [4.69, 9.17) is 10.5 Å². The molecular weight excluding hydrogens is 260 g/mol. The molecule has 0 saturated heterocycles. The van der Waals surface area contributed by atoms with Gasteiger partial charge in [0, 0.05) is 17.6 Å². The van der Waals surface area contributed by atoms with E-state index in [1.54, 1.807) is 0 Å². The summed E-state index contributed by atoms with van der Waals surface area (Å²) in [6, 6.07) is 18.2. The van der Waals surface area contributed by atoms with Gasteiger partial charge in [-0.25, -0.2) is 4.98 Å². The van der Waals surface area contributed by atoms with Crippen LogP contribution in [0.2, 0.25) is 0 Å². The maximum Gasteiger partial charge on any atom is 0.146 e. The Bertz CT molecular complexity index is 751. The second-order valence-electron chi connectivity index (χ2n) is 5.09. The van der Waals surface area contributed by atoms with Crippen molar-refractivity contribution in [2.75, 3.05) is 0 Å². The number of fused-ring (bicyclic) bond motifs is 1. The van der Waals surface area contributed by atoms with Crippen molar-refractivity contribution < 1.29 is 4.74 Å². The highest BCUT2D eigenvalue weighted by atomic mass is 16.5. The summed E-state index contributed by atoms with van der Waals surface area (Å²) in [7, 11) is 0. The number of hydrogen-bond donors (Lipinski definition) is 1. The van der Waals surface area contributed by atoms with Crippen molar-refractivity contribution in [2.24, 2.45) is 5.73 Å². The van der Waals surface area contributed by atoms with Gasteiger partial charge in [0.15, 0.2) is 0 Å². The maximum absolute atomic E-state index is 5.94. The van der Waals surface area contributed by atoms with E-state index in [9.17, 15) is 0 Å². The molecule has 1 aromatic heterocycles. The minimum atomic E-state index is 0.527. The number of rotatable bonds is 4. The van der Waals surface area contributed by atoms with E-state index in [0.29, 0.717) is 13.2 Å². The quantitative estimate of drug-likeness (QED) is 0.793. The van der Waals surface area contributed by atoms with Gasteiger partial charge in [0.1, 0.15) is 17.9 Å². The van der Waals surface area contributed by atoms with Crippen molar-refractivity contribution in [3.8, 4) is 5.75 Å². The maximum atomic E-state index is 5.94. The van der Waals surface area contributed by atoms with Crippen molar-refractivity contribution >= 4 is 10.9 Å². The molecule has 0 unspecified atom stereocenters. The molecule has 0 radical (unpaired) electrons. The first kappa shape index (κ1) is 13.6. The number of benzene rings is 2. The number of nitrogens with zero attached hydrogens (tertiary/aromatic N) is 1. The molecule has 3 nitrogen and oxygen atoms in total. The van der Waals surface area contributed by atoms with Gasteiger partial charge in [-0.3, -0.25) is 0 Å². The van der Waals surface area contributed by atoms with Crippen LogP contribution in [0.4, 0.5) is 0 Å². The van der Waals surface area contributed by atoms with Crippen LogP contribution in [-0.2, 0) is 13.2 Å². The molecule has 3 rings (SSSR count). The first-order chi connectivity index (χ1) is 10.3. The van der Waals surface area contributed by atoms with Crippen LogP contribution >= 0.6 is 0 Å². The van der Waals surface area contributed by atoms with Crippen LogP contribution in [0.1, 0.15) is 16.8 Å². The number of nitrogens with two attached hydrogens (primary N) is 1. The summed E-state index contributed by atoms with van der Waals surface area (Å²) < 4.78 is 5.94. The minimum absolute atomic E-state index is 0.527. The molecule has 0 saturated carbocycles. The molecule has 0 aliphatic carbocycles. The van der Waals surface area contributed by atoms with E-state index in [-0.39, 0.29) is 0 Å². The zero-order chi connectivity index (χ0) is 14.7. The van der Waals surface area contributed by atoms with Gasteiger partial charge in [0.25, 0.3) is 0 Å². The monoisotopic (exact) mass is 278 g/mol. The van der Waals surface area contributed by atoms with Gasteiger partial charge in [-0.2, -0.15) is 0 Å². The Morgan fingerprint density at radius 2 is 1.71 bits per heavy atom. The van der Waals surface area contributed by atoms with Crippen LogP contribution in [0.5, 0.6) is 5.75 Å². The molecule has 2 N–H and O–H groups in total. The van der Waals surface area contributed by atoms with E-state index in [1.807, 2.05) is 55.5 Å². The summed E-state index contributed by atoms with van der Waals surface area (Å²) in [6.45, 7) is 3.08. The summed E-state index contributed by atoms with van der Waals surface area (Å²) in [5, 5.41) is 1.09. The lowest BCUT2D eigenvalue weighted by molar-refractivity contribution is 0.309. The summed E-state index contributed by atoms with van der Waals surface area (Å²) in [4.78, 5) is 4.57. The SMILES string of the molecule is Cc1ccc2cccc(OCc3ccc(CN)cc3)c2n1. The number of aryl methyl sites for hydroxylation is 1. The molecule has 0 bridgehead atoms. The van der Waals surface area contributed by atoms with Crippen LogP contribution in [0.3, 0.4) is 0 Å². The average molecular weight is 278 g/mol. The fourth-order valence-electron chi connectivity index (χ4n) is 2.27. The Labute approximate surface area is 124 Å². The Balaban J connectivity index is 1.82. The summed E-state index contributed by atoms with van der Waals surface area (Å²) >= 11 is 0. The number of aromatic nitrogens is 1. The Morgan fingerprint density at radius 1 is 0.952 bits per heavy atom. The average Bonchev–Trinajstić information content (AvgIpc) is 2.53. The molecule has 3 heteroatoms. The molecule has 0 amide bonds. The second-order valence-corrected chi connectivity index (χ2v) is 5.09. The van der Waals surface area contributed by atoms with Gasteiger partial charge < -0.3 is 10.5 Å². The summed E-state index contributed by atoms with van der Waals surface area (Å²) in [5.74, 6) is 0.819. The fraction of sp³-hybridized carbons (Fsp3) is 0.167. The topological polar surface area (TPSA) is 48.1 Å². The Morgan fingerprint density at radius 3 is 2.48 bits per heavy atom. The van der Waals surface area contributed by atoms with Gasteiger partial charge in [0.2, 0.25) is 0 Å². The third kappa shape index (κ3) is 3.03. The minimum Gasteiger partial charge on any atom is -0.487 e. The van der Waals surface area contributed by atoms with E-state index < -0.39 is 0 Å². The van der Waals surface area contributed by atoms with Crippen molar-refractivity contribution in [3.63, 3.8) is 0 Å². The lowest BCUT2D eigenvalue weighted by atomic mass is 10.1. The molecule has 106 valence electrons. The van der Waals surface area contributed by atoms with Crippen molar-refractivity contribution in [3.05, 3.63) is 71.4 Å². The molecule has 2 aromatic carbocycles. The third-order valence-electron chi connectivity index (χ3n) is 3.48. The van der Waals surface area contributed by atoms with Crippen LogP contribution < -0.4 is 10.5 Å². The first-order valence-corrected chi connectivity index (χ1v) is 7.03. The van der Waals surface area contributed by atoms with Gasteiger partial charge in [-0.05, 0) is 30.2 Å². The smallest absolute Gasteiger partial charge is 0.146 e. The van der Waals surface area contributed by atoms with Gasteiger partial charge in [0.05, 0.1) is 0 Å². The van der Waals surface area contributed by atoms with Crippen molar-refractivity contribution in [2.45, 2.75) is 20.1 Å². The molecule has 0 aliphatic rings. The molecule has 0 aliphatic heterocycles. The van der Waals surface area contributed by atoms with Gasteiger partial charge in [-0.1, -0.05) is 42.5 Å². The predicted molar refractivity (Wildman–Crippen MR) is 85.1 cm³/mol. The number of hydrogen-bond acceptors (Lipinski definition) is 3. The van der Waals surface area contributed by atoms with Gasteiger partial charge >= 0.3 is 0 Å². The fourth-order valence-corrected chi connectivity index (χ4v) is 2.27. The number of pyridine rings is 1. The number of para-hydroxylation sites is 1. The third-order valence-corrected chi connectivity index (χ3v) is 3.48. The van der Waals surface area contributed by atoms with Crippen LogP contribution in [0, 0.1) is 6.92 Å². The molecule has 21 heavy (non-hydrogen) atoms. The van der Waals surface area contributed by atoms with Crippen molar-refractivity contribution in [1.82, 2.24) is 4.98 Å². The van der Waals surface area contributed by atoms with E-state index in [1.165, 1.54) is 0 Å². The molecule has 0 fully saturated rings. The molecule has 3 aromatic rings. The highest BCUT2D eigenvalue weighted by molar-refractivity contribution is 5.84. The largest absolute Gasteiger partial charge is 0.487 e. The standard InChI is InChI=1S/C18H18N2O/c1-13-5-10-16-3-2-4-17(18(16)20-13)21-12-15-8-6-14(11-19)7-9-15/h2-10H,11-12,19H2,1H3. The Hall–Kier alpha value is -2.39. The molecule has 1 heterocycles. The van der Waals surface area contributed by atoms with E-state index in [2.05, 4.69) is 11.1 Å². The normalized spacial score (nSPS) is 10.8. The molecule has 0 spiro atoms. The van der Waals surface area contributed by atoms with Crippen LogP contribution in [0.25, 0.3) is 10.9 Å². The zero-order valence-electron chi connectivity index (χ0n) is 12.0. The summed E-state index contributed by atoms with van der Waals surface area (Å²) in [5.41, 5.74) is 9.75. The van der Waals surface area contributed by atoms with Crippen molar-refractivity contribution in [1.29, 1.82) is 0 Å². The Kier molecular flexibility index (Phi) is 3.84. The first-order valence-electron chi connectivity index (χ1n) is 7.03.